The smallest absolute Gasteiger partial charge is 0.304 e. The monoisotopic (exact) mass is 239 g/mol. The van der Waals surface area contributed by atoms with Crippen molar-refractivity contribution in [3.05, 3.63) is 0 Å². The summed E-state index contributed by atoms with van der Waals surface area (Å²) < 4.78 is 11.2. The molecule has 0 saturated heterocycles. The zero-order chi connectivity index (χ0) is 11.9. The zero-order valence-electron chi connectivity index (χ0n) is 8.05. The molecule has 88 valence electrons. The van der Waals surface area contributed by atoms with E-state index in [9.17, 15) is 19.0 Å². The summed E-state index contributed by atoms with van der Waals surface area (Å²) in [6.07, 6.45) is -1.07. The molecule has 0 heterocycles. The van der Waals surface area contributed by atoms with Crippen LogP contribution in [-0.2, 0) is 14.2 Å². The van der Waals surface area contributed by atoms with Gasteiger partial charge in [0.05, 0.1) is 19.1 Å². The second-order valence-electron chi connectivity index (χ2n) is 3.02. The summed E-state index contributed by atoms with van der Waals surface area (Å²) in [7, 11) is -3.49. The molecule has 0 aromatic heterocycles. The van der Waals surface area contributed by atoms with Gasteiger partial charge in [-0.3, -0.25) is 14.2 Å². The van der Waals surface area contributed by atoms with E-state index in [1.807, 2.05) is 0 Å². The molecule has 1 unspecified atom stereocenters. The number of hydrogen-bond donors (Lipinski definition) is 4. The van der Waals surface area contributed by atoms with Crippen LogP contribution < -0.4 is 5.32 Å². The minimum Gasteiger partial charge on any atom is -0.481 e. The number of hydrogen-bond acceptors (Lipinski definition) is 4. The molecule has 0 saturated carbocycles. The first-order chi connectivity index (χ1) is 6.83. The van der Waals surface area contributed by atoms with Crippen LogP contribution in [0.4, 0.5) is 0 Å². The average molecular weight is 239 g/mol. The minimum atomic E-state index is -3.49. The number of carbonyl (C=O) groups is 2. The molecule has 0 rings (SSSR count). The number of aliphatic carboxylic acids is 2. The zero-order valence-corrected chi connectivity index (χ0v) is 8.94. The summed E-state index contributed by atoms with van der Waals surface area (Å²) >= 11 is 0. The van der Waals surface area contributed by atoms with E-state index in [-0.39, 0.29) is 31.8 Å². The lowest BCUT2D eigenvalue weighted by Gasteiger charge is -2.10. The quantitative estimate of drug-likeness (QED) is 0.340. The maximum atomic E-state index is 11.2. The maximum Gasteiger partial charge on any atom is 0.304 e. The highest BCUT2D eigenvalue weighted by Crippen LogP contribution is 2.39. The molecular weight excluding hydrogens is 225 g/mol. The third kappa shape index (κ3) is 9.40. The summed E-state index contributed by atoms with van der Waals surface area (Å²) in [6, 6.07) is 0. The largest absolute Gasteiger partial charge is 0.481 e. The standard InChI is InChI=1S/C7H14NO6P/c9-6(10)1-3-8-5-15(13,14)4-2-7(11)12/h8H,1-5H2,(H,9,10)(H,11,12)(H,13,14). The van der Waals surface area contributed by atoms with E-state index in [0.717, 1.165) is 0 Å². The van der Waals surface area contributed by atoms with E-state index in [4.69, 9.17) is 10.2 Å². The molecular formula is C7H14NO6P. The molecule has 0 radical (unpaired) electrons. The van der Waals surface area contributed by atoms with Gasteiger partial charge in [0.1, 0.15) is 0 Å². The van der Waals surface area contributed by atoms with Crippen LogP contribution in [0.3, 0.4) is 0 Å². The molecule has 0 fully saturated rings. The molecule has 0 aromatic carbocycles. The molecule has 0 aliphatic carbocycles. The van der Waals surface area contributed by atoms with E-state index in [2.05, 4.69) is 5.32 Å². The van der Waals surface area contributed by atoms with Gasteiger partial charge in [0.2, 0.25) is 7.37 Å². The molecule has 0 amide bonds. The minimum absolute atomic E-state index is 0.0902. The van der Waals surface area contributed by atoms with Crippen LogP contribution in [0.25, 0.3) is 0 Å². The van der Waals surface area contributed by atoms with Crippen molar-refractivity contribution in [1.29, 1.82) is 0 Å². The fourth-order valence-corrected chi connectivity index (χ4v) is 2.00. The predicted octanol–water partition coefficient (Wildman–Crippen LogP) is -0.247. The highest BCUT2D eigenvalue weighted by Gasteiger charge is 2.18. The van der Waals surface area contributed by atoms with Crippen LogP contribution in [0.5, 0.6) is 0 Å². The summed E-state index contributed by atoms with van der Waals surface area (Å²) in [5.74, 6) is -2.13. The van der Waals surface area contributed by atoms with Crippen LogP contribution in [0.2, 0.25) is 0 Å². The first-order valence-electron chi connectivity index (χ1n) is 4.28. The molecule has 0 aromatic rings. The Labute approximate surface area is 86.6 Å². The molecule has 7 nitrogen and oxygen atoms in total. The van der Waals surface area contributed by atoms with E-state index >= 15 is 0 Å². The lowest BCUT2D eigenvalue weighted by molar-refractivity contribution is -0.137. The molecule has 8 heteroatoms. The predicted molar refractivity (Wildman–Crippen MR) is 52.1 cm³/mol. The second kappa shape index (κ2) is 6.55. The Balaban J connectivity index is 3.69. The molecule has 0 aliphatic heterocycles. The fourth-order valence-electron chi connectivity index (χ4n) is 0.798. The lowest BCUT2D eigenvalue weighted by atomic mass is 10.4. The van der Waals surface area contributed by atoms with Crippen molar-refractivity contribution >= 4 is 19.3 Å². The first kappa shape index (κ1) is 14.1. The Bertz CT molecular complexity index is 279. The van der Waals surface area contributed by atoms with Gasteiger partial charge in [-0.25, -0.2) is 0 Å². The van der Waals surface area contributed by atoms with Crippen molar-refractivity contribution in [3.63, 3.8) is 0 Å². The number of carboxylic acid groups (broad SMARTS) is 2. The number of carboxylic acids is 2. The van der Waals surface area contributed by atoms with Crippen LogP contribution >= 0.6 is 7.37 Å². The maximum absolute atomic E-state index is 11.2. The van der Waals surface area contributed by atoms with Gasteiger partial charge in [-0.05, 0) is 0 Å². The lowest BCUT2D eigenvalue weighted by Crippen LogP contribution is -2.20. The van der Waals surface area contributed by atoms with Crippen LogP contribution in [0.15, 0.2) is 0 Å². The summed E-state index contributed by atoms with van der Waals surface area (Å²) in [5.41, 5.74) is 0. The first-order valence-corrected chi connectivity index (χ1v) is 6.31. The van der Waals surface area contributed by atoms with Gasteiger partial charge in [-0.2, -0.15) is 0 Å². The third-order valence-electron chi connectivity index (χ3n) is 1.55. The molecule has 1 atom stereocenters. The van der Waals surface area contributed by atoms with Crippen LogP contribution in [0.1, 0.15) is 12.8 Å². The van der Waals surface area contributed by atoms with Gasteiger partial charge in [-0.15, -0.1) is 0 Å². The van der Waals surface area contributed by atoms with Crippen molar-refractivity contribution in [3.8, 4) is 0 Å². The Morgan fingerprint density at radius 3 is 2.13 bits per heavy atom. The Morgan fingerprint density at radius 2 is 1.67 bits per heavy atom. The van der Waals surface area contributed by atoms with Gasteiger partial charge < -0.3 is 20.4 Å². The number of nitrogens with one attached hydrogen (secondary N) is 1. The SMILES string of the molecule is O=C(O)CCNCP(=O)(O)CCC(=O)O. The molecule has 0 aliphatic rings. The average Bonchev–Trinajstić information content (AvgIpc) is 2.09. The van der Waals surface area contributed by atoms with E-state index < -0.39 is 19.3 Å². The highest BCUT2D eigenvalue weighted by atomic mass is 31.2. The molecule has 15 heavy (non-hydrogen) atoms. The summed E-state index contributed by atoms with van der Waals surface area (Å²) in [6.45, 7) is 0.0902. The number of rotatable bonds is 8. The van der Waals surface area contributed by atoms with Crippen molar-refractivity contribution in [2.45, 2.75) is 12.8 Å². The summed E-state index contributed by atoms with van der Waals surface area (Å²) in [5, 5.41) is 19.1. The normalized spacial score (nSPS) is 14.5. The van der Waals surface area contributed by atoms with E-state index in [1.165, 1.54) is 0 Å². The van der Waals surface area contributed by atoms with Gasteiger partial charge in [0.15, 0.2) is 0 Å². The topological polar surface area (TPSA) is 124 Å². The second-order valence-corrected chi connectivity index (χ2v) is 5.47. The molecule has 0 bridgehead atoms. The van der Waals surface area contributed by atoms with Crippen molar-refractivity contribution in [1.82, 2.24) is 5.32 Å². The van der Waals surface area contributed by atoms with Gasteiger partial charge in [-0.1, -0.05) is 0 Å². The van der Waals surface area contributed by atoms with Crippen LogP contribution in [-0.4, -0.2) is 46.0 Å². The Morgan fingerprint density at radius 1 is 1.13 bits per heavy atom. The van der Waals surface area contributed by atoms with E-state index in [0.29, 0.717) is 0 Å². The Kier molecular flexibility index (Phi) is 6.15. The van der Waals surface area contributed by atoms with Crippen LogP contribution in [0, 0.1) is 0 Å². The molecule has 0 spiro atoms. The van der Waals surface area contributed by atoms with Gasteiger partial charge in [0, 0.05) is 12.7 Å². The molecule has 4 N–H and O–H groups in total. The van der Waals surface area contributed by atoms with E-state index in [1.54, 1.807) is 0 Å². The summed E-state index contributed by atoms with van der Waals surface area (Å²) in [4.78, 5) is 29.4. The fraction of sp³-hybridized carbons (Fsp3) is 0.714. The van der Waals surface area contributed by atoms with Gasteiger partial charge in [0.25, 0.3) is 0 Å². The van der Waals surface area contributed by atoms with Crippen molar-refractivity contribution in [2.24, 2.45) is 0 Å². The van der Waals surface area contributed by atoms with Crippen molar-refractivity contribution in [2.75, 3.05) is 19.0 Å². The highest BCUT2D eigenvalue weighted by molar-refractivity contribution is 7.57. The third-order valence-corrected chi connectivity index (χ3v) is 3.19. The van der Waals surface area contributed by atoms with Gasteiger partial charge >= 0.3 is 11.9 Å². The van der Waals surface area contributed by atoms with Crippen molar-refractivity contribution < 1.29 is 29.3 Å². The Hall–Kier alpha value is -0.910.